The molecule has 0 spiro atoms. The lowest BCUT2D eigenvalue weighted by Gasteiger charge is -2.21. The van der Waals surface area contributed by atoms with E-state index in [9.17, 15) is 14.9 Å². The molecule has 2 amide bonds. The van der Waals surface area contributed by atoms with Crippen molar-refractivity contribution in [1.82, 2.24) is 15.3 Å². The van der Waals surface area contributed by atoms with Gasteiger partial charge in [0, 0.05) is 43.3 Å². The zero-order chi connectivity index (χ0) is 19.7. The predicted octanol–water partition coefficient (Wildman–Crippen LogP) is 2.24. The first kappa shape index (κ1) is 17.9. The van der Waals surface area contributed by atoms with Crippen LogP contribution in [0.5, 0.6) is 0 Å². The van der Waals surface area contributed by atoms with Crippen LogP contribution in [-0.2, 0) is 4.79 Å². The van der Waals surface area contributed by atoms with Crippen molar-refractivity contribution >= 4 is 29.1 Å². The van der Waals surface area contributed by atoms with E-state index in [2.05, 4.69) is 26.7 Å². The van der Waals surface area contributed by atoms with E-state index < -0.39 is 5.41 Å². The van der Waals surface area contributed by atoms with Crippen molar-refractivity contribution in [2.24, 2.45) is 11.3 Å². The number of anilines is 3. The third-order valence-electron chi connectivity index (χ3n) is 5.39. The van der Waals surface area contributed by atoms with Gasteiger partial charge in [0.05, 0.1) is 6.07 Å². The van der Waals surface area contributed by atoms with Crippen LogP contribution < -0.4 is 15.5 Å². The van der Waals surface area contributed by atoms with Gasteiger partial charge in [-0.2, -0.15) is 5.26 Å². The predicted molar refractivity (Wildman–Crippen MR) is 103 cm³/mol. The van der Waals surface area contributed by atoms with Crippen LogP contribution in [0.2, 0.25) is 0 Å². The SMILES string of the molecule is CNC(=O)c1ccnc(Nc2cc(N3CC[C@@](C#N)(C4CC4)C3=O)ccn2)c1. The minimum atomic E-state index is -0.875. The Labute approximate surface area is 162 Å². The van der Waals surface area contributed by atoms with Crippen LogP contribution in [0.25, 0.3) is 0 Å². The molecule has 0 bridgehead atoms. The summed E-state index contributed by atoms with van der Waals surface area (Å²) in [6, 6.07) is 9.06. The van der Waals surface area contributed by atoms with Crippen molar-refractivity contribution < 1.29 is 9.59 Å². The molecule has 2 aliphatic rings. The normalized spacial score (nSPS) is 21.3. The van der Waals surface area contributed by atoms with E-state index >= 15 is 0 Å². The Morgan fingerprint density at radius 2 is 1.96 bits per heavy atom. The Balaban J connectivity index is 1.55. The van der Waals surface area contributed by atoms with Gasteiger partial charge in [0.25, 0.3) is 5.91 Å². The van der Waals surface area contributed by atoms with Crippen LogP contribution in [0, 0.1) is 22.7 Å². The van der Waals surface area contributed by atoms with E-state index in [4.69, 9.17) is 0 Å². The Kier molecular flexibility index (Phi) is 4.43. The summed E-state index contributed by atoms with van der Waals surface area (Å²) >= 11 is 0. The second-order valence-corrected chi connectivity index (χ2v) is 7.10. The number of rotatable bonds is 5. The lowest BCUT2D eigenvalue weighted by Crippen LogP contribution is -2.35. The van der Waals surface area contributed by atoms with Gasteiger partial charge in [-0.25, -0.2) is 9.97 Å². The molecule has 1 aliphatic heterocycles. The molecule has 8 heteroatoms. The maximum absolute atomic E-state index is 13.0. The molecule has 2 aromatic rings. The zero-order valence-corrected chi connectivity index (χ0v) is 15.5. The molecule has 4 rings (SSSR count). The third kappa shape index (κ3) is 3.05. The second kappa shape index (κ2) is 6.93. The van der Waals surface area contributed by atoms with Gasteiger partial charge in [-0.3, -0.25) is 9.59 Å². The van der Waals surface area contributed by atoms with Gasteiger partial charge in [-0.15, -0.1) is 0 Å². The van der Waals surface area contributed by atoms with Crippen molar-refractivity contribution in [3.8, 4) is 6.07 Å². The molecule has 2 N–H and O–H groups in total. The molecular formula is C20H20N6O2. The molecule has 0 aromatic carbocycles. The molecular weight excluding hydrogens is 356 g/mol. The fourth-order valence-corrected chi connectivity index (χ4v) is 3.71. The molecule has 3 heterocycles. The second-order valence-electron chi connectivity index (χ2n) is 7.10. The van der Waals surface area contributed by atoms with E-state index in [1.807, 2.05) is 0 Å². The van der Waals surface area contributed by atoms with Crippen LogP contribution in [0.1, 0.15) is 29.6 Å². The lowest BCUT2D eigenvalue weighted by molar-refractivity contribution is -0.123. The number of carbonyl (C=O) groups excluding carboxylic acids is 2. The average Bonchev–Trinajstić information content (AvgIpc) is 3.52. The monoisotopic (exact) mass is 376 g/mol. The number of nitrogens with zero attached hydrogens (tertiary/aromatic N) is 4. The van der Waals surface area contributed by atoms with Crippen LogP contribution >= 0.6 is 0 Å². The molecule has 142 valence electrons. The maximum Gasteiger partial charge on any atom is 0.251 e. The first-order valence-electron chi connectivity index (χ1n) is 9.22. The molecule has 8 nitrogen and oxygen atoms in total. The fraction of sp³-hybridized carbons (Fsp3) is 0.350. The summed E-state index contributed by atoms with van der Waals surface area (Å²) < 4.78 is 0. The van der Waals surface area contributed by atoms with Gasteiger partial charge in [-0.1, -0.05) is 0 Å². The number of nitriles is 1. The number of amides is 2. The number of hydrogen-bond acceptors (Lipinski definition) is 6. The molecule has 1 saturated heterocycles. The summed E-state index contributed by atoms with van der Waals surface area (Å²) in [6.07, 6.45) is 5.61. The van der Waals surface area contributed by atoms with E-state index in [-0.39, 0.29) is 17.7 Å². The number of hydrogen-bond donors (Lipinski definition) is 2. The Hall–Kier alpha value is -3.47. The van der Waals surface area contributed by atoms with Crippen molar-refractivity contribution in [1.29, 1.82) is 5.26 Å². The third-order valence-corrected chi connectivity index (χ3v) is 5.39. The summed E-state index contributed by atoms with van der Waals surface area (Å²) in [4.78, 5) is 34.9. The first-order valence-corrected chi connectivity index (χ1v) is 9.22. The average molecular weight is 376 g/mol. The number of nitrogens with one attached hydrogen (secondary N) is 2. The summed E-state index contributed by atoms with van der Waals surface area (Å²) in [7, 11) is 1.57. The highest BCUT2D eigenvalue weighted by atomic mass is 16.2. The van der Waals surface area contributed by atoms with Gasteiger partial charge in [0.15, 0.2) is 0 Å². The number of aromatic nitrogens is 2. The van der Waals surface area contributed by atoms with Crippen molar-refractivity contribution in [3.05, 3.63) is 42.2 Å². The van der Waals surface area contributed by atoms with E-state index in [1.54, 1.807) is 42.4 Å². The topological polar surface area (TPSA) is 111 Å². The summed E-state index contributed by atoms with van der Waals surface area (Å²) in [5.41, 5.74) is 0.303. The molecule has 2 aromatic heterocycles. The van der Waals surface area contributed by atoms with Gasteiger partial charge >= 0.3 is 0 Å². The molecule has 1 saturated carbocycles. The molecule has 0 radical (unpaired) electrons. The number of carbonyl (C=O) groups is 2. The largest absolute Gasteiger partial charge is 0.355 e. The van der Waals surface area contributed by atoms with E-state index in [1.165, 1.54) is 6.20 Å². The summed E-state index contributed by atoms with van der Waals surface area (Å²) in [6.45, 7) is 0.525. The first-order chi connectivity index (χ1) is 13.6. The minimum absolute atomic E-state index is 0.116. The van der Waals surface area contributed by atoms with Crippen molar-refractivity contribution in [3.63, 3.8) is 0 Å². The summed E-state index contributed by atoms with van der Waals surface area (Å²) in [5, 5.41) is 15.3. The smallest absolute Gasteiger partial charge is 0.251 e. The zero-order valence-electron chi connectivity index (χ0n) is 15.5. The van der Waals surface area contributed by atoms with Gasteiger partial charge in [-0.05, 0) is 43.4 Å². The van der Waals surface area contributed by atoms with Gasteiger partial charge in [0.1, 0.15) is 17.1 Å². The quantitative estimate of drug-likeness (QED) is 0.828. The molecule has 2 fully saturated rings. The minimum Gasteiger partial charge on any atom is -0.355 e. The van der Waals surface area contributed by atoms with Crippen molar-refractivity contribution in [2.75, 3.05) is 23.8 Å². The van der Waals surface area contributed by atoms with Gasteiger partial charge in [0.2, 0.25) is 5.91 Å². The Morgan fingerprint density at radius 1 is 1.25 bits per heavy atom. The van der Waals surface area contributed by atoms with Crippen molar-refractivity contribution in [2.45, 2.75) is 19.3 Å². The highest BCUT2D eigenvalue weighted by molar-refractivity contribution is 6.02. The van der Waals surface area contributed by atoms with E-state index in [0.29, 0.717) is 35.9 Å². The van der Waals surface area contributed by atoms with Crippen LogP contribution in [0.15, 0.2) is 36.7 Å². The Bertz CT molecular complexity index is 981. The highest BCUT2D eigenvalue weighted by Crippen LogP contribution is 2.51. The van der Waals surface area contributed by atoms with Crippen LogP contribution in [0.4, 0.5) is 17.3 Å². The van der Waals surface area contributed by atoms with Crippen LogP contribution in [0.3, 0.4) is 0 Å². The van der Waals surface area contributed by atoms with Crippen LogP contribution in [-0.4, -0.2) is 35.4 Å². The molecule has 0 unspecified atom stereocenters. The molecule has 28 heavy (non-hydrogen) atoms. The number of pyridine rings is 2. The maximum atomic E-state index is 13.0. The summed E-state index contributed by atoms with van der Waals surface area (Å²) in [5.74, 6) is 0.846. The van der Waals surface area contributed by atoms with Gasteiger partial charge < -0.3 is 15.5 Å². The molecule has 1 aliphatic carbocycles. The fourth-order valence-electron chi connectivity index (χ4n) is 3.71. The Morgan fingerprint density at radius 3 is 2.64 bits per heavy atom. The highest BCUT2D eigenvalue weighted by Gasteiger charge is 2.56. The van der Waals surface area contributed by atoms with E-state index in [0.717, 1.165) is 12.8 Å². The molecule has 1 atom stereocenters. The standard InChI is InChI=1S/C20H20N6O2/c1-22-18(27)13-4-7-23-16(10-13)25-17-11-15(5-8-24-17)26-9-6-20(12-21,19(26)28)14-2-3-14/h4-5,7-8,10-11,14H,2-3,6,9H2,1H3,(H,22,27)(H,23,24,25)/t20-/m1/s1. The lowest BCUT2D eigenvalue weighted by atomic mass is 9.83.